The van der Waals surface area contributed by atoms with Gasteiger partial charge in [-0.2, -0.15) is 12.6 Å². The lowest BCUT2D eigenvalue weighted by molar-refractivity contribution is -0.120. The Morgan fingerprint density at radius 3 is 2.71 bits per heavy atom. The molecule has 0 heterocycles. The first-order chi connectivity index (χ1) is 8.25. The van der Waals surface area contributed by atoms with Crippen LogP contribution in [0.3, 0.4) is 0 Å². The van der Waals surface area contributed by atoms with Gasteiger partial charge in [-0.25, -0.2) is 0 Å². The summed E-state index contributed by atoms with van der Waals surface area (Å²) in [6.07, 6.45) is 4.49. The van der Waals surface area contributed by atoms with Gasteiger partial charge in [-0.05, 0) is 24.3 Å². The maximum absolute atomic E-state index is 11.8. The van der Waals surface area contributed by atoms with E-state index >= 15 is 0 Å². The number of benzene rings is 1. The molecule has 3 heteroatoms. The van der Waals surface area contributed by atoms with Crippen LogP contribution in [0.25, 0.3) is 0 Å². The molecule has 1 aromatic carbocycles. The highest BCUT2D eigenvalue weighted by atomic mass is 32.1. The van der Waals surface area contributed by atoms with Crippen molar-refractivity contribution >= 4 is 18.5 Å². The molecule has 1 amide bonds. The Kier molecular flexibility index (Phi) is 4.49. The van der Waals surface area contributed by atoms with Gasteiger partial charge in [0.25, 0.3) is 0 Å². The Bertz CT molecular complexity index is 362. The van der Waals surface area contributed by atoms with Crippen LogP contribution in [-0.4, -0.2) is 17.7 Å². The molecule has 92 valence electrons. The van der Waals surface area contributed by atoms with Crippen LogP contribution in [0, 0.1) is 5.92 Å². The summed E-state index contributed by atoms with van der Waals surface area (Å²) in [6, 6.07) is 10.0. The number of rotatable bonds is 6. The van der Waals surface area contributed by atoms with Crippen LogP contribution in [0.5, 0.6) is 0 Å². The molecule has 0 radical (unpaired) electrons. The third-order valence-corrected chi connectivity index (χ3v) is 3.54. The van der Waals surface area contributed by atoms with E-state index in [0.29, 0.717) is 6.42 Å². The fourth-order valence-corrected chi connectivity index (χ4v) is 2.16. The molecule has 0 aromatic heterocycles. The van der Waals surface area contributed by atoms with E-state index in [1.165, 1.54) is 12.8 Å². The molecule has 1 aromatic rings. The summed E-state index contributed by atoms with van der Waals surface area (Å²) in [7, 11) is 0. The number of amides is 1. The number of nitrogens with one attached hydrogen (secondary N) is 1. The third kappa shape index (κ3) is 4.43. The summed E-state index contributed by atoms with van der Waals surface area (Å²) in [5, 5.41) is 2.72. The standard InChI is InChI=1S/C14H19NOS/c16-14(15-9-8-11-6-7-11)13(17)10-12-4-2-1-3-5-12/h1-5,11,13,17H,6-10H2,(H,15,16). The molecule has 1 atom stereocenters. The van der Waals surface area contributed by atoms with Crippen LogP contribution in [-0.2, 0) is 11.2 Å². The average Bonchev–Trinajstić information content (AvgIpc) is 3.14. The van der Waals surface area contributed by atoms with Crippen LogP contribution >= 0.6 is 12.6 Å². The van der Waals surface area contributed by atoms with E-state index in [1.807, 2.05) is 30.3 Å². The van der Waals surface area contributed by atoms with Gasteiger partial charge in [0.1, 0.15) is 0 Å². The molecule has 0 bridgehead atoms. The summed E-state index contributed by atoms with van der Waals surface area (Å²) >= 11 is 4.36. The molecule has 1 aliphatic rings. The number of hydrogen-bond acceptors (Lipinski definition) is 2. The lowest BCUT2D eigenvalue weighted by Gasteiger charge is -2.11. The zero-order valence-electron chi connectivity index (χ0n) is 9.93. The van der Waals surface area contributed by atoms with Gasteiger partial charge in [-0.1, -0.05) is 43.2 Å². The van der Waals surface area contributed by atoms with E-state index in [4.69, 9.17) is 0 Å². The predicted octanol–water partition coefficient (Wildman–Crippen LogP) is 2.44. The van der Waals surface area contributed by atoms with Crippen molar-refractivity contribution in [2.24, 2.45) is 5.92 Å². The Labute approximate surface area is 108 Å². The highest BCUT2D eigenvalue weighted by Crippen LogP contribution is 2.31. The van der Waals surface area contributed by atoms with Crippen molar-refractivity contribution in [3.8, 4) is 0 Å². The average molecular weight is 249 g/mol. The highest BCUT2D eigenvalue weighted by Gasteiger charge is 2.21. The van der Waals surface area contributed by atoms with Gasteiger partial charge >= 0.3 is 0 Å². The third-order valence-electron chi connectivity index (χ3n) is 3.12. The molecule has 0 aliphatic heterocycles. The zero-order chi connectivity index (χ0) is 12.1. The molecule has 1 saturated carbocycles. The largest absolute Gasteiger partial charge is 0.355 e. The number of carbonyl (C=O) groups excluding carboxylic acids is 1. The van der Waals surface area contributed by atoms with Crippen molar-refractivity contribution in [1.29, 1.82) is 0 Å². The fourth-order valence-electron chi connectivity index (χ4n) is 1.85. The fraction of sp³-hybridized carbons (Fsp3) is 0.500. The predicted molar refractivity (Wildman–Crippen MR) is 73.3 cm³/mol. The van der Waals surface area contributed by atoms with E-state index < -0.39 is 0 Å². The smallest absolute Gasteiger partial charge is 0.233 e. The van der Waals surface area contributed by atoms with Gasteiger partial charge in [0.2, 0.25) is 5.91 Å². The highest BCUT2D eigenvalue weighted by molar-refractivity contribution is 7.81. The molecule has 0 saturated heterocycles. The summed E-state index contributed by atoms with van der Waals surface area (Å²) in [4.78, 5) is 11.8. The number of thiol groups is 1. The van der Waals surface area contributed by atoms with Gasteiger partial charge in [-0.15, -0.1) is 0 Å². The number of hydrogen-bond donors (Lipinski definition) is 2. The van der Waals surface area contributed by atoms with Crippen molar-refractivity contribution in [1.82, 2.24) is 5.32 Å². The van der Waals surface area contributed by atoms with Crippen molar-refractivity contribution in [2.45, 2.75) is 30.9 Å². The van der Waals surface area contributed by atoms with Gasteiger partial charge in [-0.3, -0.25) is 4.79 Å². The Balaban J connectivity index is 1.70. The van der Waals surface area contributed by atoms with Gasteiger partial charge in [0, 0.05) is 6.54 Å². The van der Waals surface area contributed by atoms with Gasteiger partial charge in [0.15, 0.2) is 0 Å². The summed E-state index contributed by atoms with van der Waals surface area (Å²) in [6.45, 7) is 0.801. The van der Waals surface area contributed by atoms with Crippen LogP contribution in [0.4, 0.5) is 0 Å². The molecular formula is C14H19NOS. The minimum Gasteiger partial charge on any atom is -0.355 e. The molecular weight excluding hydrogens is 230 g/mol. The maximum atomic E-state index is 11.8. The van der Waals surface area contributed by atoms with Crippen molar-refractivity contribution in [3.05, 3.63) is 35.9 Å². The molecule has 1 fully saturated rings. The van der Waals surface area contributed by atoms with Crippen molar-refractivity contribution in [2.75, 3.05) is 6.54 Å². The van der Waals surface area contributed by atoms with Crippen molar-refractivity contribution < 1.29 is 4.79 Å². The van der Waals surface area contributed by atoms with E-state index in [0.717, 1.165) is 24.4 Å². The van der Waals surface area contributed by atoms with E-state index in [9.17, 15) is 4.79 Å². The second-order valence-corrected chi connectivity index (χ2v) is 5.35. The topological polar surface area (TPSA) is 29.1 Å². The molecule has 1 unspecified atom stereocenters. The lowest BCUT2D eigenvalue weighted by Crippen LogP contribution is -2.33. The molecule has 2 nitrogen and oxygen atoms in total. The van der Waals surface area contributed by atoms with E-state index in [2.05, 4.69) is 17.9 Å². The minimum absolute atomic E-state index is 0.0536. The minimum atomic E-state index is -0.239. The van der Waals surface area contributed by atoms with Gasteiger partial charge in [0.05, 0.1) is 5.25 Å². The first-order valence-corrected chi connectivity index (χ1v) is 6.77. The summed E-state index contributed by atoms with van der Waals surface area (Å²) in [5.41, 5.74) is 1.16. The molecule has 1 aliphatic carbocycles. The van der Waals surface area contributed by atoms with Crippen LogP contribution in [0.2, 0.25) is 0 Å². The maximum Gasteiger partial charge on any atom is 0.233 e. The number of carbonyl (C=O) groups is 1. The lowest BCUT2D eigenvalue weighted by atomic mass is 10.1. The monoisotopic (exact) mass is 249 g/mol. The Morgan fingerprint density at radius 2 is 2.06 bits per heavy atom. The second kappa shape index (κ2) is 6.10. The summed E-state index contributed by atoms with van der Waals surface area (Å²) < 4.78 is 0. The Hall–Kier alpha value is -0.960. The normalized spacial score (nSPS) is 16.5. The SMILES string of the molecule is O=C(NCCC1CC1)C(S)Cc1ccccc1. The van der Waals surface area contributed by atoms with Gasteiger partial charge < -0.3 is 5.32 Å². The van der Waals surface area contributed by atoms with E-state index in [-0.39, 0.29) is 11.2 Å². The quantitative estimate of drug-likeness (QED) is 0.745. The molecule has 1 N–H and O–H groups in total. The Morgan fingerprint density at radius 1 is 1.35 bits per heavy atom. The molecule has 17 heavy (non-hydrogen) atoms. The first kappa shape index (κ1) is 12.5. The molecule has 2 rings (SSSR count). The first-order valence-electron chi connectivity index (χ1n) is 6.25. The van der Waals surface area contributed by atoms with Crippen LogP contribution < -0.4 is 5.32 Å². The van der Waals surface area contributed by atoms with Crippen LogP contribution in [0.1, 0.15) is 24.8 Å². The zero-order valence-corrected chi connectivity index (χ0v) is 10.8. The van der Waals surface area contributed by atoms with Crippen LogP contribution in [0.15, 0.2) is 30.3 Å². The van der Waals surface area contributed by atoms with E-state index in [1.54, 1.807) is 0 Å². The second-order valence-electron chi connectivity index (χ2n) is 4.73. The summed E-state index contributed by atoms with van der Waals surface area (Å²) in [5.74, 6) is 0.917. The molecule has 0 spiro atoms. The van der Waals surface area contributed by atoms with Crippen molar-refractivity contribution in [3.63, 3.8) is 0 Å².